The standard InChI is InChI=1S/C11H14F2O4S3/c1-10(2,3)17-9(15)11(12,13)18-5-6-19-8(20-6)7(14)16-4/h5,8H,1-4H3. The van der Waals surface area contributed by atoms with Crippen LogP contribution in [0, 0.1) is 0 Å². The highest BCUT2D eigenvalue weighted by molar-refractivity contribution is 8.39. The molecule has 0 unspecified atom stereocenters. The zero-order chi connectivity index (χ0) is 15.6. The highest BCUT2D eigenvalue weighted by Crippen LogP contribution is 2.53. The van der Waals surface area contributed by atoms with Crippen LogP contribution in [0.1, 0.15) is 20.8 Å². The minimum Gasteiger partial charge on any atom is -0.468 e. The summed E-state index contributed by atoms with van der Waals surface area (Å²) in [5, 5.41) is -2.50. The Hall–Kier alpha value is -0.410. The van der Waals surface area contributed by atoms with Gasteiger partial charge >= 0.3 is 17.2 Å². The summed E-state index contributed by atoms with van der Waals surface area (Å²) in [6.07, 6.45) is 0. The third-order valence-corrected chi connectivity index (χ3v) is 5.56. The van der Waals surface area contributed by atoms with Gasteiger partial charge < -0.3 is 9.47 Å². The second-order valence-corrected chi connectivity index (χ2v) is 8.50. The van der Waals surface area contributed by atoms with Gasteiger partial charge in [0.25, 0.3) is 0 Å². The fraction of sp³-hybridized carbons (Fsp3) is 0.636. The number of ether oxygens (including phenoxy) is 2. The van der Waals surface area contributed by atoms with Gasteiger partial charge in [-0.1, -0.05) is 23.5 Å². The van der Waals surface area contributed by atoms with Crippen molar-refractivity contribution in [1.82, 2.24) is 0 Å². The van der Waals surface area contributed by atoms with Gasteiger partial charge in [-0.05, 0) is 37.9 Å². The Bertz CT molecular complexity index is 424. The van der Waals surface area contributed by atoms with Crippen LogP contribution in [-0.2, 0) is 19.1 Å². The summed E-state index contributed by atoms with van der Waals surface area (Å²) in [5.41, 5.74) is -0.968. The molecule has 0 bridgehead atoms. The third-order valence-electron chi connectivity index (χ3n) is 1.78. The predicted molar refractivity (Wildman–Crippen MR) is 77.5 cm³/mol. The van der Waals surface area contributed by atoms with Crippen molar-refractivity contribution in [3.05, 3.63) is 9.65 Å². The van der Waals surface area contributed by atoms with Crippen molar-refractivity contribution in [2.45, 2.75) is 36.2 Å². The van der Waals surface area contributed by atoms with E-state index in [0.717, 1.165) is 28.9 Å². The van der Waals surface area contributed by atoms with Crippen molar-refractivity contribution in [2.24, 2.45) is 0 Å². The zero-order valence-electron chi connectivity index (χ0n) is 11.3. The maximum absolute atomic E-state index is 13.5. The molecule has 20 heavy (non-hydrogen) atoms. The van der Waals surface area contributed by atoms with E-state index < -0.39 is 27.4 Å². The van der Waals surface area contributed by atoms with Crippen LogP contribution in [0.2, 0.25) is 0 Å². The first-order valence-corrected chi connectivity index (χ1v) is 8.09. The van der Waals surface area contributed by atoms with Gasteiger partial charge in [-0.15, -0.1) is 0 Å². The van der Waals surface area contributed by atoms with Gasteiger partial charge in [0.05, 0.1) is 7.11 Å². The Balaban J connectivity index is 2.49. The Labute approximate surface area is 128 Å². The molecule has 0 aromatic rings. The number of halogens is 2. The molecule has 0 spiro atoms. The number of methoxy groups -OCH3 is 1. The molecule has 0 radical (unpaired) electrons. The monoisotopic (exact) mass is 344 g/mol. The molecule has 0 saturated carbocycles. The van der Waals surface area contributed by atoms with Gasteiger partial charge in [-0.25, -0.2) is 9.59 Å². The van der Waals surface area contributed by atoms with E-state index in [1.807, 2.05) is 0 Å². The molecule has 0 N–H and O–H groups in total. The summed E-state index contributed by atoms with van der Waals surface area (Å²) in [6, 6.07) is 0. The lowest BCUT2D eigenvalue weighted by atomic mass is 10.2. The Morgan fingerprint density at radius 1 is 1.30 bits per heavy atom. The van der Waals surface area contributed by atoms with Crippen molar-refractivity contribution in [1.29, 1.82) is 0 Å². The van der Waals surface area contributed by atoms with Crippen LogP contribution in [0.3, 0.4) is 0 Å². The Morgan fingerprint density at radius 2 is 1.85 bits per heavy atom. The highest BCUT2D eigenvalue weighted by Gasteiger charge is 2.44. The van der Waals surface area contributed by atoms with Crippen LogP contribution in [0.25, 0.3) is 0 Å². The van der Waals surface area contributed by atoms with E-state index >= 15 is 0 Å². The van der Waals surface area contributed by atoms with E-state index in [0.29, 0.717) is 4.24 Å². The lowest BCUT2D eigenvalue weighted by molar-refractivity contribution is -0.171. The second kappa shape index (κ2) is 6.57. The molecule has 0 aromatic carbocycles. The molecule has 1 aliphatic rings. The molecule has 9 heteroatoms. The number of hydrogen-bond donors (Lipinski definition) is 0. The molecule has 0 amide bonds. The SMILES string of the molecule is COC(=O)C1SC(=CSC(F)(F)C(=O)OC(C)(C)C)S1. The number of esters is 2. The average Bonchev–Trinajstić information content (AvgIpc) is 2.23. The molecule has 1 fully saturated rings. The van der Waals surface area contributed by atoms with Gasteiger partial charge in [0.2, 0.25) is 0 Å². The fourth-order valence-electron chi connectivity index (χ4n) is 0.976. The van der Waals surface area contributed by atoms with E-state index in [9.17, 15) is 18.4 Å². The van der Waals surface area contributed by atoms with Crippen LogP contribution in [0.15, 0.2) is 9.65 Å². The van der Waals surface area contributed by atoms with Crippen LogP contribution < -0.4 is 0 Å². The molecule has 1 heterocycles. The quantitative estimate of drug-likeness (QED) is 0.724. The largest absolute Gasteiger partial charge is 0.468 e. The van der Waals surface area contributed by atoms with Crippen molar-refractivity contribution in [3.63, 3.8) is 0 Å². The number of hydrogen-bond acceptors (Lipinski definition) is 7. The van der Waals surface area contributed by atoms with E-state index in [2.05, 4.69) is 9.47 Å². The van der Waals surface area contributed by atoms with Gasteiger partial charge in [0.1, 0.15) is 5.60 Å². The number of alkyl halides is 2. The minimum absolute atomic E-state index is 0.0691. The number of rotatable bonds is 4. The van der Waals surface area contributed by atoms with E-state index in [-0.39, 0.29) is 11.8 Å². The Kier molecular flexibility index (Phi) is 5.79. The molecule has 4 nitrogen and oxygen atoms in total. The van der Waals surface area contributed by atoms with Gasteiger partial charge in [0, 0.05) is 4.24 Å². The molecule has 1 rings (SSSR count). The highest BCUT2D eigenvalue weighted by atomic mass is 32.3. The van der Waals surface area contributed by atoms with Gasteiger partial charge in [-0.3, -0.25) is 0 Å². The summed E-state index contributed by atoms with van der Waals surface area (Å²) in [7, 11) is 1.26. The van der Waals surface area contributed by atoms with Crippen LogP contribution >= 0.6 is 35.3 Å². The van der Waals surface area contributed by atoms with Crippen LogP contribution in [-0.4, -0.2) is 34.5 Å². The summed E-state index contributed by atoms with van der Waals surface area (Å²) in [4.78, 5) is 22.4. The topological polar surface area (TPSA) is 52.6 Å². The smallest absolute Gasteiger partial charge is 0.392 e. The third kappa shape index (κ3) is 5.17. The van der Waals surface area contributed by atoms with E-state index in [1.54, 1.807) is 0 Å². The average molecular weight is 344 g/mol. The van der Waals surface area contributed by atoms with Crippen molar-refractivity contribution >= 4 is 47.2 Å². The minimum atomic E-state index is -3.66. The van der Waals surface area contributed by atoms with Crippen molar-refractivity contribution in [3.8, 4) is 0 Å². The normalized spacial score (nSPS) is 19.1. The maximum atomic E-state index is 13.5. The summed E-state index contributed by atoms with van der Waals surface area (Å²) < 4.78 is 36.3. The lowest BCUT2D eigenvalue weighted by Crippen LogP contribution is -2.34. The summed E-state index contributed by atoms with van der Waals surface area (Å²) >= 11 is 2.30. The van der Waals surface area contributed by atoms with Crippen LogP contribution in [0.5, 0.6) is 0 Å². The molecular formula is C11H14F2O4S3. The van der Waals surface area contributed by atoms with Crippen LogP contribution in [0.4, 0.5) is 8.78 Å². The van der Waals surface area contributed by atoms with E-state index in [4.69, 9.17) is 0 Å². The Morgan fingerprint density at radius 3 is 2.30 bits per heavy atom. The molecule has 0 aliphatic carbocycles. The summed E-state index contributed by atoms with van der Waals surface area (Å²) in [6.45, 7) is 4.55. The molecule has 1 saturated heterocycles. The number of carbonyl (C=O) groups is 2. The fourth-order valence-corrected chi connectivity index (χ4v) is 3.83. The van der Waals surface area contributed by atoms with Crippen molar-refractivity contribution < 1.29 is 27.8 Å². The molecule has 114 valence electrons. The lowest BCUT2D eigenvalue weighted by Gasteiger charge is -2.25. The predicted octanol–water partition coefficient (Wildman–Crippen LogP) is 3.43. The first kappa shape index (κ1) is 17.6. The molecule has 0 aromatic heterocycles. The zero-order valence-corrected chi connectivity index (χ0v) is 13.7. The first-order valence-electron chi connectivity index (χ1n) is 5.45. The molecule has 0 atom stereocenters. The number of thioether (sulfide) groups is 3. The van der Waals surface area contributed by atoms with E-state index in [1.165, 1.54) is 27.9 Å². The van der Waals surface area contributed by atoms with Crippen molar-refractivity contribution in [2.75, 3.05) is 7.11 Å². The van der Waals surface area contributed by atoms with Gasteiger partial charge in [0.15, 0.2) is 4.58 Å². The first-order chi connectivity index (χ1) is 9.05. The van der Waals surface area contributed by atoms with Gasteiger partial charge in [-0.2, -0.15) is 8.78 Å². The second-order valence-electron chi connectivity index (χ2n) is 4.66. The number of carbonyl (C=O) groups excluding carboxylic acids is 2. The summed E-state index contributed by atoms with van der Waals surface area (Å²) in [5.74, 6) is -1.99. The molecule has 1 aliphatic heterocycles. The molecular weight excluding hydrogens is 330 g/mol. The maximum Gasteiger partial charge on any atom is 0.392 e.